The van der Waals surface area contributed by atoms with Gasteiger partial charge in [0.2, 0.25) is 0 Å². The van der Waals surface area contributed by atoms with Crippen LogP contribution in [0.1, 0.15) is 30.9 Å². The van der Waals surface area contributed by atoms with Gasteiger partial charge >= 0.3 is 5.97 Å². The molecule has 0 aliphatic carbocycles. The highest BCUT2D eigenvalue weighted by molar-refractivity contribution is 5.75. The topological polar surface area (TPSA) is 40.5 Å². The van der Waals surface area contributed by atoms with Crippen molar-refractivity contribution >= 4 is 5.97 Å². The van der Waals surface area contributed by atoms with Crippen LogP contribution in [0.2, 0.25) is 0 Å². The molecule has 1 N–H and O–H groups in total. The van der Waals surface area contributed by atoms with Crippen molar-refractivity contribution in [2.24, 2.45) is 0 Å². The Bertz CT molecular complexity index is 385. The monoisotopic (exact) mass is 237 g/mol. The lowest BCUT2D eigenvalue weighted by Crippen LogP contribution is -2.37. The first kappa shape index (κ1) is 12.0. The zero-order chi connectivity index (χ0) is 12.3. The third kappa shape index (κ3) is 2.82. The van der Waals surface area contributed by atoms with Crippen LogP contribution in [-0.4, -0.2) is 29.1 Å². The molecule has 1 aromatic carbocycles. The van der Waals surface area contributed by atoms with Crippen molar-refractivity contribution in [3.63, 3.8) is 0 Å². The Morgan fingerprint density at radius 3 is 2.29 bits per heavy atom. The van der Waals surface area contributed by atoms with E-state index in [1.807, 2.05) is 4.90 Å². The van der Waals surface area contributed by atoms with Crippen LogP contribution in [0.5, 0.6) is 0 Å². The van der Waals surface area contributed by atoms with E-state index in [1.165, 1.54) is 12.1 Å². The number of nitrogens with zero attached hydrogens (tertiary/aromatic N) is 1. The van der Waals surface area contributed by atoms with Crippen LogP contribution in [-0.2, 0) is 4.79 Å². The molecule has 1 aliphatic rings. The minimum absolute atomic E-state index is 0.337. The lowest BCUT2D eigenvalue weighted by atomic mass is 10.0. The van der Waals surface area contributed by atoms with E-state index in [0.717, 1.165) is 32.4 Å². The Morgan fingerprint density at radius 2 is 1.76 bits per heavy atom. The van der Waals surface area contributed by atoms with Crippen LogP contribution in [0.25, 0.3) is 0 Å². The molecule has 0 aromatic heterocycles. The van der Waals surface area contributed by atoms with E-state index >= 15 is 0 Å². The van der Waals surface area contributed by atoms with Crippen molar-refractivity contribution in [3.8, 4) is 0 Å². The first-order valence-electron chi connectivity index (χ1n) is 5.91. The summed E-state index contributed by atoms with van der Waals surface area (Å²) in [7, 11) is 0. The Hall–Kier alpha value is -1.42. The van der Waals surface area contributed by atoms with Crippen molar-refractivity contribution < 1.29 is 14.3 Å². The van der Waals surface area contributed by atoms with Gasteiger partial charge in [0, 0.05) is 0 Å². The van der Waals surface area contributed by atoms with Gasteiger partial charge in [-0.1, -0.05) is 18.6 Å². The third-order valence-electron chi connectivity index (χ3n) is 3.18. The van der Waals surface area contributed by atoms with E-state index < -0.39 is 12.0 Å². The molecule has 92 valence electrons. The number of hydrogen-bond acceptors (Lipinski definition) is 2. The molecule has 3 nitrogen and oxygen atoms in total. The van der Waals surface area contributed by atoms with Gasteiger partial charge in [0.15, 0.2) is 0 Å². The van der Waals surface area contributed by atoms with E-state index in [2.05, 4.69) is 0 Å². The predicted octanol–water partition coefficient (Wildman–Crippen LogP) is 2.44. The molecule has 0 bridgehead atoms. The summed E-state index contributed by atoms with van der Waals surface area (Å²) in [6.45, 7) is 1.60. The van der Waals surface area contributed by atoms with E-state index in [-0.39, 0.29) is 5.82 Å². The number of benzene rings is 1. The van der Waals surface area contributed by atoms with E-state index in [0.29, 0.717) is 5.56 Å². The second-order valence-electron chi connectivity index (χ2n) is 4.39. The van der Waals surface area contributed by atoms with Gasteiger partial charge < -0.3 is 5.11 Å². The molecule has 1 aromatic rings. The van der Waals surface area contributed by atoms with Crippen molar-refractivity contribution in [1.82, 2.24) is 4.90 Å². The van der Waals surface area contributed by atoms with Gasteiger partial charge in [0.05, 0.1) is 0 Å². The summed E-state index contributed by atoms with van der Waals surface area (Å²) in [5.74, 6) is -1.20. The number of piperidine rings is 1. The lowest BCUT2D eigenvalue weighted by Gasteiger charge is -2.32. The number of halogens is 1. The van der Waals surface area contributed by atoms with Gasteiger partial charge in [-0.25, -0.2) is 4.39 Å². The highest BCUT2D eigenvalue weighted by Gasteiger charge is 2.28. The average molecular weight is 237 g/mol. The number of carboxylic acid groups (broad SMARTS) is 1. The van der Waals surface area contributed by atoms with E-state index in [9.17, 15) is 14.3 Å². The third-order valence-corrected chi connectivity index (χ3v) is 3.18. The number of rotatable bonds is 3. The molecule has 0 amide bonds. The molecular weight excluding hydrogens is 221 g/mol. The largest absolute Gasteiger partial charge is 0.480 e. The quantitative estimate of drug-likeness (QED) is 0.877. The molecule has 1 heterocycles. The molecule has 0 radical (unpaired) electrons. The lowest BCUT2D eigenvalue weighted by molar-refractivity contribution is -0.144. The smallest absolute Gasteiger partial charge is 0.325 e. The fraction of sp³-hybridized carbons (Fsp3) is 0.462. The molecule has 4 heteroatoms. The summed E-state index contributed by atoms with van der Waals surface area (Å²) >= 11 is 0. The Kier molecular flexibility index (Phi) is 3.74. The summed E-state index contributed by atoms with van der Waals surface area (Å²) in [6.07, 6.45) is 3.22. The van der Waals surface area contributed by atoms with Gasteiger partial charge in [-0.2, -0.15) is 0 Å². The minimum Gasteiger partial charge on any atom is -0.480 e. The van der Waals surface area contributed by atoms with Crippen molar-refractivity contribution in [2.45, 2.75) is 25.3 Å². The maximum absolute atomic E-state index is 12.8. The van der Waals surface area contributed by atoms with Crippen LogP contribution in [0.4, 0.5) is 4.39 Å². The molecular formula is C13H16FNO2. The second kappa shape index (κ2) is 5.27. The standard InChI is InChI=1S/C13H16FNO2/c14-11-6-4-10(5-7-11)12(13(16)17)15-8-2-1-3-9-15/h4-7,12H,1-3,8-9H2,(H,16,17)/t12-/m1/s1. The number of carboxylic acids is 1. The highest BCUT2D eigenvalue weighted by Crippen LogP contribution is 2.25. The number of hydrogen-bond donors (Lipinski definition) is 1. The van der Waals surface area contributed by atoms with Crippen LogP contribution < -0.4 is 0 Å². The molecule has 0 spiro atoms. The van der Waals surface area contributed by atoms with E-state index in [4.69, 9.17) is 0 Å². The Balaban J connectivity index is 2.21. The summed E-state index contributed by atoms with van der Waals surface area (Å²) in [6, 6.07) is 5.10. The van der Waals surface area contributed by atoms with Crippen LogP contribution in [0.15, 0.2) is 24.3 Å². The minimum atomic E-state index is -0.862. The zero-order valence-electron chi connectivity index (χ0n) is 9.60. The second-order valence-corrected chi connectivity index (χ2v) is 4.39. The number of carbonyl (C=O) groups is 1. The summed E-state index contributed by atoms with van der Waals surface area (Å²) in [5.41, 5.74) is 0.654. The van der Waals surface area contributed by atoms with Gasteiger partial charge in [0.1, 0.15) is 11.9 Å². The normalized spacial score (nSPS) is 18.9. The first-order valence-corrected chi connectivity index (χ1v) is 5.91. The summed E-state index contributed by atoms with van der Waals surface area (Å²) < 4.78 is 12.8. The van der Waals surface area contributed by atoms with Crippen LogP contribution in [0.3, 0.4) is 0 Å². The maximum Gasteiger partial charge on any atom is 0.325 e. The molecule has 17 heavy (non-hydrogen) atoms. The molecule has 1 atom stereocenters. The first-order chi connectivity index (χ1) is 8.18. The molecule has 1 fully saturated rings. The fourth-order valence-electron chi connectivity index (χ4n) is 2.33. The van der Waals surface area contributed by atoms with Crippen molar-refractivity contribution in [1.29, 1.82) is 0 Å². The molecule has 0 saturated carbocycles. The van der Waals surface area contributed by atoms with Crippen LogP contribution >= 0.6 is 0 Å². The summed E-state index contributed by atoms with van der Waals surface area (Å²) in [5, 5.41) is 9.31. The summed E-state index contributed by atoms with van der Waals surface area (Å²) in [4.78, 5) is 13.3. The predicted molar refractivity (Wildman–Crippen MR) is 62.2 cm³/mol. The number of likely N-dealkylation sites (tertiary alicyclic amines) is 1. The molecule has 2 rings (SSSR count). The maximum atomic E-state index is 12.8. The van der Waals surface area contributed by atoms with E-state index in [1.54, 1.807) is 12.1 Å². The Labute approximate surface area is 99.9 Å². The van der Waals surface area contributed by atoms with Gasteiger partial charge in [-0.3, -0.25) is 9.69 Å². The van der Waals surface area contributed by atoms with Gasteiger partial charge in [-0.05, 0) is 43.6 Å². The van der Waals surface area contributed by atoms with Crippen LogP contribution in [0, 0.1) is 5.82 Å². The zero-order valence-corrected chi connectivity index (χ0v) is 9.60. The van der Waals surface area contributed by atoms with Gasteiger partial charge in [-0.15, -0.1) is 0 Å². The van der Waals surface area contributed by atoms with Crippen molar-refractivity contribution in [3.05, 3.63) is 35.6 Å². The number of aliphatic carboxylic acids is 1. The molecule has 0 unspecified atom stereocenters. The molecule has 1 saturated heterocycles. The fourth-order valence-corrected chi connectivity index (χ4v) is 2.33. The molecule has 1 aliphatic heterocycles. The van der Waals surface area contributed by atoms with Crippen molar-refractivity contribution in [2.75, 3.05) is 13.1 Å². The Morgan fingerprint density at radius 1 is 1.18 bits per heavy atom. The average Bonchev–Trinajstić information content (AvgIpc) is 2.33. The SMILES string of the molecule is O=C(O)[C@@H](c1ccc(F)cc1)N1CCCCC1. The highest BCUT2D eigenvalue weighted by atomic mass is 19.1. The van der Waals surface area contributed by atoms with Gasteiger partial charge in [0.25, 0.3) is 0 Å².